The van der Waals surface area contributed by atoms with Gasteiger partial charge in [0.05, 0.1) is 13.2 Å². The summed E-state index contributed by atoms with van der Waals surface area (Å²) in [6.45, 7) is 8.49. The first-order valence-corrected chi connectivity index (χ1v) is 6.96. The smallest absolute Gasteiger partial charge is 0.168 e. The molecular weight excluding hydrogens is 200 g/mol. The Balaban J connectivity index is 2.50. The van der Waals surface area contributed by atoms with E-state index in [-0.39, 0.29) is 5.79 Å². The SMILES string of the molecule is CCCCCC1(CC(C)C)OCCCCO1. The standard InChI is InChI=1S/C14H28O2/c1-4-5-6-9-14(12-13(2)3)15-10-7-8-11-16-14/h13H,4-12H2,1-3H3. The molecule has 0 aliphatic carbocycles. The molecule has 1 heterocycles. The fourth-order valence-corrected chi connectivity index (χ4v) is 2.39. The molecule has 1 fully saturated rings. The molecule has 1 aliphatic rings. The normalized spacial score (nSPS) is 21.0. The minimum Gasteiger partial charge on any atom is -0.350 e. The summed E-state index contributed by atoms with van der Waals surface area (Å²) in [7, 11) is 0. The molecule has 0 spiro atoms. The molecule has 0 aromatic heterocycles. The maximum atomic E-state index is 6.03. The first-order chi connectivity index (χ1) is 7.68. The molecule has 0 saturated carbocycles. The van der Waals surface area contributed by atoms with E-state index in [1.165, 1.54) is 19.3 Å². The van der Waals surface area contributed by atoms with Crippen LogP contribution in [0, 0.1) is 5.92 Å². The Labute approximate surface area is 101 Å². The largest absolute Gasteiger partial charge is 0.350 e. The molecule has 0 aromatic rings. The second-order valence-corrected chi connectivity index (χ2v) is 5.37. The summed E-state index contributed by atoms with van der Waals surface area (Å²) < 4.78 is 12.1. The second-order valence-electron chi connectivity index (χ2n) is 5.37. The third kappa shape index (κ3) is 4.84. The Morgan fingerprint density at radius 3 is 2.19 bits per heavy atom. The van der Waals surface area contributed by atoms with Crippen LogP contribution in [0.15, 0.2) is 0 Å². The van der Waals surface area contributed by atoms with Crippen LogP contribution in [0.1, 0.15) is 65.7 Å². The van der Waals surface area contributed by atoms with Crippen LogP contribution in [0.4, 0.5) is 0 Å². The molecule has 1 aliphatic heterocycles. The van der Waals surface area contributed by atoms with Gasteiger partial charge in [-0.3, -0.25) is 0 Å². The average Bonchev–Trinajstić information content (AvgIpc) is 2.44. The first-order valence-electron chi connectivity index (χ1n) is 6.96. The second kappa shape index (κ2) is 7.29. The predicted octanol–water partition coefficient (Wildman–Crippen LogP) is 4.14. The molecule has 16 heavy (non-hydrogen) atoms. The lowest BCUT2D eigenvalue weighted by Gasteiger charge is -2.34. The topological polar surface area (TPSA) is 18.5 Å². The number of ether oxygens (including phenoxy) is 2. The molecule has 0 atom stereocenters. The van der Waals surface area contributed by atoms with Gasteiger partial charge in [0.15, 0.2) is 5.79 Å². The van der Waals surface area contributed by atoms with Gasteiger partial charge >= 0.3 is 0 Å². The maximum absolute atomic E-state index is 6.03. The highest BCUT2D eigenvalue weighted by Crippen LogP contribution is 2.31. The van der Waals surface area contributed by atoms with Gasteiger partial charge in [-0.2, -0.15) is 0 Å². The lowest BCUT2D eigenvalue weighted by molar-refractivity contribution is -0.238. The van der Waals surface area contributed by atoms with Gasteiger partial charge in [-0.1, -0.05) is 33.6 Å². The summed E-state index contributed by atoms with van der Waals surface area (Å²) in [5.74, 6) is 0.375. The van der Waals surface area contributed by atoms with E-state index in [4.69, 9.17) is 9.47 Å². The Morgan fingerprint density at radius 1 is 1.06 bits per heavy atom. The van der Waals surface area contributed by atoms with Gasteiger partial charge < -0.3 is 9.47 Å². The van der Waals surface area contributed by atoms with Gasteiger partial charge in [-0.05, 0) is 25.2 Å². The van der Waals surface area contributed by atoms with Crippen molar-refractivity contribution in [1.82, 2.24) is 0 Å². The molecule has 1 rings (SSSR count). The Morgan fingerprint density at radius 2 is 1.69 bits per heavy atom. The molecule has 0 unspecified atom stereocenters. The van der Waals surface area contributed by atoms with Crippen molar-refractivity contribution in [1.29, 1.82) is 0 Å². The summed E-state index contributed by atoms with van der Waals surface area (Å²) >= 11 is 0. The number of hydrogen-bond donors (Lipinski definition) is 0. The van der Waals surface area contributed by atoms with Crippen LogP contribution in [0.25, 0.3) is 0 Å². The van der Waals surface area contributed by atoms with Crippen molar-refractivity contribution in [2.24, 2.45) is 5.92 Å². The van der Waals surface area contributed by atoms with E-state index in [0.717, 1.165) is 38.9 Å². The van der Waals surface area contributed by atoms with Crippen LogP contribution in [0.5, 0.6) is 0 Å². The Bertz CT molecular complexity index is 170. The monoisotopic (exact) mass is 228 g/mol. The van der Waals surface area contributed by atoms with Gasteiger partial charge in [0, 0.05) is 12.8 Å². The minimum absolute atomic E-state index is 0.264. The van der Waals surface area contributed by atoms with Crippen LogP contribution >= 0.6 is 0 Å². The van der Waals surface area contributed by atoms with Gasteiger partial charge in [0.2, 0.25) is 0 Å². The molecule has 0 radical (unpaired) electrons. The lowest BCUT2D eigenvalue weighted by Crippen LogP contribution is -2.37. The zero-order chi connectivity index (χ0) is 11.9. The molecule has 1 saturated heterocycles. The Hall–Kier alpha value is -0.0800. The van der Waals surface area contributed by atoms with E-state index in [2.05, 4.69) is 20.8 Å². The summed E-state index contributed by atoms with van der Waals surface area (Å²) in [5.41, 5.74) is 0. The Kier molecular flexibility index (Phi) is 6.37. The van der Waals surface area contributed by atoms with Gasteiger partial charge in [0.25, 0.3) is 0 Å². The van der Waals surface area contributed by atoms with Crippen molar-refractivity contribution in [2.45, 2.75) is 71.5 Å². The van der Waals surface area contributed by atoms with Gasteiger partial charge in [-0.15, -0.1) is 0 Å². The summed E-state index contributed by atoms with van der Waals surface area (Å²) in [5, 5.41) is 0. The molecule has 2 heteroatoms. The van der Waals surface area contributed by atoms with Crippen molar-refractivity contribution in [3.63, 3.8) is 0 Å². The molecule has 0 amide bonds. The fourth-order valence-electron chi connectivity index (χ4n) is 2.39. The van der Waals surface area contributed by atoms with Crippen molar-refractivity contribution in [2.75, 3.05) is 13.2 Å². The fraction of sp³-hybridized carbons (Fsp3) is 1.00. The third-order valence-corrected chi connectivity index (χ3v) is 3.15. The third-order valence-electron chi connectivity index (χ3n) is 3.15. The predicted molar refractivity (Wildman–Crippen MR) is 67.5 cm³/mol. The zero-order valence-corrected chi connectivity index (χ0v) is 11.3. The molecule has 2 nitrogen and oxygen atoms in total. The highest BCUT2D eigenvalue weighted by Gasteiger charge is 2.33. The average molecular weight is 228 g/mol. The van der Waals surface area contributed by atoms with Gasteiger partial charge in [0.1, 0.15) is 0 Å². The van der Waals surface area contributed by atoms with Crippen molar-refractivity contribution in [3.8, 4) is 0 Å². The van der Waals surface area contributed by atoms with E-state index in [0.29, 0.717) is 5.92 Å². The molecular formula is C14H28O2. The minimum atomic E-state index is -0.264. The van der Waals surface area contributed by atoms with Crippen molar-refractivity contribution < 1.29 is 9.47 Å². The highest BCUT2D eigenvalue weighted by atomic mass is 16.7. The molecule has 0 bridgehead atoms. The molecule has 96 valence electrons. The first kappa shape index (κ1) is 14.0. The van der Waals surface area contributed by atoms with E-state index < -0.39 is 0 Å². The van der Waals surface area contributed by atoms with E-state index in [9.17, 15) is 0 Å². The number of hydrogen-bond acceptors (Lipinski definition) is 2. The highest BCUT2D eigenvalue weighted by molar-refractivity contribution is 4.74. The number of rotatable bonds is 6. The van der Waals surface area contributed by atoms with E-state index >= 15 is 0 Å². The zero-order valence-electron chi connectivity index (χ0n) is 11.3. The van der Waals surface area contributed by atoms with Crippen molar-refractivity contribution >= 4 is 0 Å². The van der Waals surface area contributed by atoms with Gasteiger partial charge in [-0.25, -0.2) is 0 Å². The summed E-state index contributed by atoms with van der Waals surface area (Å²) in [6.07, 6.45) is 8.17. The summed E-state index contributed by atoms with van der Waals surface area (Å²) in [6, 6.07) is 0. The quantitative estimate of drug-likeness (QED) is 0.636. The van der Waals surface area contributed by atoms with Crippen LogP contribution in [-0.4, -0.2) is 19.0 Å². The van der Waals surface area contributed by atoms with Crippen molar-refractivity contribution in [3.05, 3.63) is 0 Å². The van der Waals surface area contributed by atoms with Crippen LogP contribution in [0.3, 0.4) is 0 Å². The lowest BCUT2D eigenvalue weighted by atomic mass is 9.97. The van der Waals surface area contributed by atoms with Crippen LogP contribution in [-0.2, 0) is 9.47 Å². The van der Waals surface area contributed by atoms with Crippen LogP contribution < -0.4 is 0 Å². The molecule has 0 aromatic carbocycles. The van der Waals surface area contributed by atoms with E-state index in [1.54, 1.807) is 0 Å². The van der Waals surface area contributed by atoms with Crippen LogP contribution in [0.2, 0.25) is 0 Å². The number of unbranched alkanes of at least 4 members (excludes halogenated alkanes) is 2. The maximum Gasteiger partial charge on any atom is 0.168 e. The molecule has 0 N–H and O–H groups in total. The summed E-state index contributed by atoms with van der Waals surface area (Å²) in [4.78, 5) is 0. The van der Waals surface area contributed by atoms with E-state index in [1.807, 2.05) is 0 Å².